The maximum atomic E-state index is 11.6. The van der Waals surface area contributed by atoms with E-state index >= 15 is 0 Å². The zero-order chi connectivity index (χ0) is 12.6. The molecular formula is C10H14HgN2O5. The fourth-order valence-corrected chi connectivity index (χ4v) is 1.85. The Bertz CT molecular complexity index is 526. The number of aromatic nitrogens is 2. The van der Waals surface area contributed by atoms with Crippen molar-refractivity contribution in [1.82, 2.24) is 9.55 Å². The molecule has 0 spiro atoms. The van der Waals surface area contributed by atoms with E-state index < -0.39 is 29.7 Å². The first kappa shape index (κ1) is 15.6. The van der Waals surface area contributed by atoms with Crippen LogP contribution in [0.3, 0.4) is 0 Å². The topological polar surface area (TPSA) is 105 Å². The molecule has 1 saturated heterocycles. The predicted octanol–water partition coefficient (Wildman–Crippen LogP) is -1.52. The third-order valence-electron chi connectivity index (χ3n) is 2.84. The molecule has 18 heavy (non-hydrogen) atoms. The van der Waals surface area contributed by atoms with Crippen LogP contribution in [0.15, 0.2) is 15.8 Å². The molecule has 0 saturated carbocycles. The van der Waals surface area contributed by atoms with Crippen molar-refractivity contribution >= 4 is 0 Å². The van der Waals surface area contributed by atoms with Gasteiger partial charge in [0, 0.05) is 45.9 Å². The van der Waals surface area contributed by atoms with Crippen LogP contribution >= 0.6 is 0 Å². The smallest absolute Gasteiger partial charge is 0.330 e. The fraction of sp³-hybridized carbons (Fsp3) is 0.600. The van der Waals surface area contributed by atoms with Gasteiger partial charge in [0.2, 0.25) is 0 Å². The molecule has 0 aromatic carbocycles. The summed E-state index contributed by atoms with van der Waals surface area (Å²) in [7, 11) is 0. The molecule has 2 heterocycles. The number of nitrogens with zero attached hydrogens (tertiary/aromatic N) is 1. The maximum absolute atomic E-state index is 11.6. The summed E-state index contributed by atoms with van der Waals surface area (Å²) in [6, 6.07) is 0. The van der Waals surface area contributed by atoms with E-state index in [0.29, 0.717) is 5.56 Å². The molecule has 1 fully saturated rings. The van der Waals surface area contributed by atoms with Gasteiger partial charge in [-0.2, -0.15) is 0 Å². The Morgan fingerprint density at radius 1 is 1.56 bits per heavy atom. The van der Waals surface area contributed by atoms with Gasteiger partial charge in [0.15, 0.2) is 0 Å². The van der Waals surface area contributed by atoms with Crippen molar-refractivity contribution in [3.8, 4) is 0 Å². The molecule has 0 bridgehead atoms. The summed E-state index contributed by atoms with van der Waals surface area (Å²) < 4.78 is 6.54. The second-order valence-corrected chi connectivity index (χ2v) is 4.09. The summed E-state index contributed by atoms with van der Waals surface area (Å²) in [5.41, 5.74) is -0.643. The van der Waals surface area contributed by atoms with E-state index in [9.17, 15) is 14.7 Å². The largest absolute Gasteiger partial charge is 0.394 e. The molecule has 1 aliphatic heterocycles. The summed E-state index contributed by atoms with van der Waals surface area (Å²) in [5, 5.41) is 18.5. The molecule has 0 aliphatic carbocycles. The van der Waals surface area contributed by atoms with Gasteiger partial charge in [0.1, 0.15) is 12.3 Å². The normalized spacial score (nSPS) is 26.9. The Morgan fingerprint density at radius 2 is 2.22 bits per heavy atom. The Kier molecular flexibility index (Phi) is 5.26. The zero-order valence-electron chi connectivity index (χ0n) is 10.00. The minimum absolute atomic E-state index is 0. The molecule has 2 rings (SSSR count). The van der Waals surface area contributed by atoms with Gasteiger partial charge in [0.25, 0.3) is 5.56 Å². The Labute approximate surface area is 123 Å². The number of nitrogens with one attached hydrogen (secondary N) is 1. The van der Waals surface area contributed by atoms with Crippen molar-refractivity contribution < 1.29 is 42.6 Å². The van der Waals surface area contributed by atoms with Gasteiger partial charge in [0.05, 0.1) is 12.7 Å². The van der Waals surface area contributed by atoms with Crippen LogP contribution in [0.1, 0.15) is 18.2 Å². The van der Waals surface area contributed by atoms with Crippen LogP contribution in [0.25, 0.3) is 0 Å². The van der Waals surface area contributed by atoms with Crippen molar-refractivity contribution in [3.63, 3.8) is 0 Å². The van der Waals surface area contributed by atoms with Crippen LogP contribution in [0, 0.1) is 6.92 Å². The van der Waals surface area contributed by atoms with E-state index in [1.807, 2.05) is 0 Å². The Morgan fingerprint density at radius 3 is 2.78 bits per heavy atom. The first-order valence-electron chi connectivity index (χ1n) is 5.29. The monoisotopic (exact) mass is 444 g/mol. The van der Waals surface area contributed by atoms with Crippen molar-refractivity contribution in [2.24, 2.45) is 0 Å². The number of aliphatic hydroxyl groups excluding tert-OH is 2. The van der Waals surface area contributed by atoms with Gasteiger partial charge >= 0.3 is 5.69 Å². The number of hydrogen-bond donors (Lipinski definition) is 3. The average Bonchev–Trinajstić information content (AvgIpc) is 2.65. The Balaban J connectivity index is 0.00000162. The van der Waals surface area contributed by atoms with Crippen molar-refractivity contribution in [3.05, 3.63) is 32.6 Å². The SMILES string of the molecule is Cc1cn([C@H]2C[C@H](O)[C@@H](CO)O2)c(=O)[nH]c1=O.[Hg]. The molecule has 1 aliphatic rings. The van der Waals surface area contributed by atoms with E-state index in [1.54, 1.807) is 6.92 Å². The predicted molar refractivity (Wildman–Crippen MR) is 57.7 cm³/mol. The Hall–Kier alpha value is -0.505. The van der Waals surface area contributed by atoms with Crippen LogP contribution in [-0.4, -0.2) is 38.6 Å². The average molecular weight is 443 g/mol. The first-order chi connectivity index (χ1) is 8.02. The zero-order valence-corrected chi connectivity index (χ0v) is 15.5. The fourth-order valence-electron chi connectivity index (χ4n) is 1.85. The number of aromatic amines is 1. The summed E-state index contributed by atoms with van der Waals surface area (Å²) in [6.45, 7) is 1.26. The minimum atomic E-state index is -0.816. The van der Waals surface area contributed by atoms with Crippen molar-refractivity contribution in [2.45, 2.75) is 31.8 Å². The van der Waals surface area contributed by atoms with Gasteiger partial charge in [-0.05, 0) is 6.92 Å². The summed E-state index contributed by atoms with van der Waals surface area (Å²) in [6.07, 6.45) is -0.581. The molecule has 0 unspecified atom stereocenters. The molecule has 3 atom stereocenters. The van der Waals surface area contributed by atoms with Gasteiger partial charge in [-0.3, -0.25) is 14.3 Å². The van der Waals surface area contributed by atoms with E-state index in [2.05, 4.69) is 4.98 Å². The quantitative estimate of drug-likeness (QED) is 0.483. The molecule has 96 valence electrons. The molecular weight excluding hydrogens is 429 g/mol. The van der Waals surface area contributed by atoms with E-state index in [0.717, 1.165) is 0 Å². The molecule has 1 aromatic heterocycles. The first-order valence-corrected chi connectivity index (χ1v) is 5.29. The third-order valence-corrected chi connectivity index (χ3v) is 2.84. The van der Waals surface area contributed by atoms with Crippen LogP contribution in [0.5, 0.6) is 0 Å². The van der Waals surface area contributed by atoms with Gasteiger partial charge in [-0.1, -0.05) is 0 Å². The summed E-state index contributed by atoms with van der Waals surface area (Å²) in [5.74, 6) is 0. The van der Waals surface area contributed by atoms with Crippen LogP contribution < -0.4 is 11.2 Å². The number of H-pyrrole nitrogens is 1. The van der Waals surface area contributed by atoms with Crippen LogP contribution in [0.2, 0.25) is 0 Å². The third kappa shape index (κ3) is 2.90. The van der Waals surface area contributed by atoms with Crippen LogP contribution in [-0.2, 0) is 32.4 Å². The van der Waals surface area contributed by atoms with Crippen LogP contribution in [0.4, 0.5) is 0 Å². The summed E-state index contributed by atoms with van der Waals surface area (Å²) in [4.78, 5) is 24.9. The number of ether oxygens (including phenoxy) is 1. The second-order valence-electron chi connectivity index (χ2n) is 4.09. The van der Waals surface area contributed by atoms with Crippen molar-refractivity contribution in [1.29, 1.82) is 0 Å². The number of aliphatic hydroxyl groups is 2. The maximum Gasteiger partial charge on any atom is 0.330 e. The van der Waals surface area contributed by atoms with Crippen molar-refractivity contribution in [2.75, 3.05) is 6.61 Å². The number of aryl methyl sites for hydroxylation is 1. The number of rotatable bonds is 2. The summed E-state index contributed by atoms with van der Waals surface area (Å²) >= 11 is 0. The second kappa shape index (κ2) is 6.09. The molecule has 8 heteroatoms. The van der Waals surface area contributed by atoms with Gasteiger partial charge in [-0.15, -0.1) is 0 Å². The molecule has 1 aromatic rings. The molecule has 3 N–H and O–H groups in total. The van der Waals surface area contributed by atoms with Gasteiger partial charge < -0.3 is 14.9 Å². The van der Waals surface area contributed by atoms with E-state index in [4.69, 9.17) is 9.84 Å². The molecule has 0 amide bonds. The molecule has 7 nitrogen and oxygen atoms in total. The standard InChI is InChI=1S/C10H14N2O5.Hg/c1-5-3-12(10(16)11-9(5)15)8-2-6(14)7(4-13)17-8;/h3,6-8,13-14H,2,4H2,1H3,(H,11,15,16);/t6-,7+,8+;/m0./s1. The van der Waals surface area contributed by atoms with E-state index in [1.165, 1.54) is 10.8 Å². The van der Waals surface area contributed by atoms with Gasteiger partial charge in [-0.25, -0.2) is 4.79 Å². The van der Waals surface area contributed by atoms with E-state index in [-0.39, 0.29) is 40.7 Å². The minimum Gasteiger partial charge on any atom is -0.394 e. The number of hydrogen-bond acceptors (Lipinski definition) is 5. The molecule has 0 radical (unpaired) electrons.